The van der Waals surface area contributed by atoms with Crippen LogP contribution in [0.5, 0.6) is 0 Å². The van der Waals surface area contributed by atoms with Gasteiger partial charge in [-0.3, -0.25) is 4.79 Å². The highest BCUT2D eigenvalue weighted by Crippen LogP contribution is 2.45. The Bertz CT molecular complexity index is 230. The third-order valence-electron chi connectivity index (χ3n) is 3.36. The van der Waals surface area contributed by atoms with Crippen molar-refractivity contribution in [3.8, 4) is 0 Å². The van der Waals surface area contributed by atoms with Gasteiger partial charge in [0.2, 0.25) is 0 Å². The maximum atomic E-state index is 11.3. The predicted molar refractivity (Wildman–Crippen MR) is 60.3 cm³/mol. The maximum Gasteiger partial charge on any atom is 0.319 e. The van der Waals surface area contributed by atoms with Crippen molar-refractivity contribution in [3.05, 3.63) is 0 Å². The van der Waals surface area contributed by atoms with E-state index in [2.05, 4.69) is 0 Å². The molecule has 4 heteroatoms. The molecule has 86 valence electrons. The minimum absolute atomic E-state index is 0.470. The van der Waals surface area contributed by atoms with Crippen LogP contribution in [-0.2, 0) is 9.53 Å². The number of carboxylic acids is 1. The van der Waals surface area contributed by atoms with Gasteiger partial charge in [0.1, 0.15) is 4.75 Å². The predicted octanol–water partition coefficient (Wildman–Crippen LogP) is 2.30. The van der Waals surface area contributed by atoms with Crippen LogP contribution >= 0.6 is 11.8 Å². The van der Waals surface area contributed by atoms with E-state index in [0.29, 0.717) is 5.25 Å². The van der Waals surface area contributed by atoms with Crippen LogP contribution in [0.3, 0.4) is 0 Å². The third-order valence-corrected chi connectivity index (χ3v) is 5.20. The highest BCUT2D eigenvalue weighted by Gasteiger charge is 2.43. The van der Waals surface area contributed by atoms with Crippen LogP contribution in [0.4, 0.5) is 0 Å². The molecular formula is C11H18O3S. The van der Waals surface area contributed by atoms with E-state index in [0.717, 1.165) is 51.7 Å². The lowest BCUT2D eigenvalue weighted by molar-refractivity contribution is -0.139. The first kappa shape index (κ1) is 11.3. The average Bonchev–Trinajstić information content (AvgIpc) is 2.69. The first-order chi connectivity index (χ1) is 7.23. The van der Waals surface area contributed by atoms with E-state index in [4.69, 9.17) is 4.74 Å². The third kappa shape index (κ3) is 2.48. The van der Waals surface area contributed by atoms with Gasteiger partial charge in [0.25, 0.3) is 0 Å². The van der Waals surface area contributed by atoms with Crippen molar-refractivity contribution >= 4 is 17.7 Å². The molecular weight excluding hydrogens is 212 g/mol. The van der Waals surface area contributed by atoms with E-state index < -0.39 is 10.7 Å². The number of hydrogen-bond donors (Lipinski definition) is 1. The lowest BCUT2D eigenvalue weighted by atomic mass is 10.1. The Labute approximate surface area is 94.6 Å². The van der Waals surface area contributed by atoms with E-state index in [1.54, 1.807) is 11.8 Å². The van der Waals surface area contributed by atoms with Gasteiger partial charge >= 0.3 is 5.97 Å². The summed E-state index contributed by atoms with van der Waals surface area (Å²) in [6.45, 7) is 1.60. The Morgan fingerprint density at radius 1 is 1.27 bits per heavy atom. The van der Waals surface area contributed by atoms with Gasteiger partial charge in [0, 0.05) is 18.5 Å². The van der Waals surface area contributed by atoms with Crippen molar-refractivity contribution in [3.63, 3.8) is 0 Å². The van der Waals surface area contributed by atoms with Gasteiger partial charge in [0.05, 0.1) is 0 Å². The minimum atomic E-state index is -0.600. The molecule has 0 unspecified atom stereocenters. The summed E-state index contributed by atoms with van der Waals surface area (Å²) in [6, 6.07) is 0. The number of hydrogen-bond acceptors (Lipinski definition) is 3. The van der Waals surface area contributed by atoms with Gasteiger partial charge in [-0.25, -0.2) is 0 Å². The van der Waals surface area contributed by atoms with E-state index in [9.17, 15) is 9.90 Å². The lowest BCUT2D eigenvalue weighted by Gasteiger charge is -2.30. The van der Waals surface area contributed by atoms with Gasteiger partial charge < -0.3 is 9.84 Å². The summed E-state index contributed by atoms with van der Waals surface area (Å²) in [5.41, 5.74) is 0. The molecule has 0 bridgehead atoms. The summed E-state index contributed by atoms with van der Waals surface area (Å²) < 4.78 is 4.83. The van der Waals surface area contributed by atoms with Gasteiger partial charge in [0.15, 0.2) is 0 Å². The summed E-state index contributed by atoms with van der Waals surface area (Å²) >= 11 is 1.70. The number of aliphatic carboxylic acids is 1. The molecule has 3 nitrogen and oxygen atoms in total. The van der Waals surface area contributed by atoms with Crippen molar-refractivity contribution in [2.24, 2.45) is 0 Å². The quantitative estimate of drug-likeness (QED) is 0.808. The second-order valence-electron chi connectivity index (χ2n) is 4.44. The zero-order valence-electron chi connectivity index (χ0n) is 8.91. The molecule has 1 aliphatic heterocycles. The SMILES string of the molecule is O=C(O)C1(SC2CCOCC2)CCCC1. The van der Waals surface area contributed by atoms with E-state index in [-0.39, 0.29) is 0 Å². The van der Waals surface area contributed by atoms with Crippen molar-refractivity contribution in [1.29, 1.82) is 0 Å². The molecule has 0 aromatic rings. The van der Waals surface area contributed by atoms with Gasteiger partial charge in [-0.15, -0.1) is 11.8 Å². The van der Waals surface area contributed by atoms with Gasteiger partial charge in [-0.05, 0) is 25.7 Å². The molecule has 0 spiro atoms. The number of carbonyl (C=O) groups is 1. The second-order valence-corrected chi connectivity index (χ2v) is 6.12. The van der Waals surface area contributed by atoms with Crippen LogP contribution < -0.4 is 0 Å². The topological polar surface area (TPSA) is 46.5 Å². The fourth-order valence-electron chi connectivity index (χ4n) is 2.44. The van der Waals surface area contributed by atoms with Gasteiger partial charge in [-0.1, -0.05) is 12.8 Å². The lowest BCUT2D eigenvalue weighted by Crippen LogP contribution is -2.35. The fourth-order valence-corrected chi connectivity index (χ4v) is 4.13. The highest BCUT2D eigenvalue weighted by atomic mass is 32.2. The monoisotopic (exact) mass is 230 g/mol. The van der Waals surface area contributed by atoms with Crippen LogP contribution in [0.1, 0.15) is 38.5 Å². The molecule has 1 heterocycles. The number of rotatable bonds is 3. The standard InChI is InChI=1S/C11H18O3S/c12-10(13)11(5-1-2-6-11)15-9-3-7-14-8-4-9/h9H,1-8H2,(H,12,13). The van der Waals surface area contributed by atoms with Crippen LogP contribution in [0.15, 0.2) is 0 Å². The average molecular weight is 230 g/mol. The summed E-state index contributed by atoms with van der Waals surface area (Å²) in [6.07, 6.45) is 5.87. The molecule has 1 aliphatic carbocycles. The molecule has 1 N–H and O–H groups in total. The Morgan fingerprint density at radius 2 is 1.87 bits per heavy atom. The molecule has 2 rings (SSSR count). The molecule has 15 heavy (non-hydrogen) atoms. The van der Waals surface area contributed by atoms with E-state index in [1.165, 1.54) is 0 Å². The molecule has 0 atom stereocenters. The molecule has 2 aliphatic rings. The van der Waals surface area contributed by atoms with E-state index in [1.807, 2.05) is 0 Å². The van der Waals surface area contributed by atoms with Crippen LogP contribution in [-0.4, -0.2) is 34.3 Å². The first-order valence-corrected chi connectivity index (χ1v) is 6.60. The molecule has 0 radical (unpaired) electrons. The van der Waals surface area contributed by atoms with Crippen LogP contribution in [0.2, 0.25) is 0 Å². The zero-order valence-corrected chi connectivity index (χ0v) is 9.72. The van der Waals surface area contributed by atoms with E-state index >= 15 is 0 Å². The van der Waals surface area contributed by atoms with Crippen molar-refractivity contribution in [2.45, 2.75) is 48.5 Å². The van der Waals surface area contributed by atoms with Crippen molar-refractivity contribution < 1.29 is 14.6 Å². The van der Waals surface area contributed by atoms with Crippen molar-refractivity contribution in [1.82, 2.24) is 0 Å². The highest BCUT2D eigenvalue weighted by molar-refractivity contribution is 8.02. The molecule has 2 fully saturated rings. The summed E-state index contributed by atoms with van der Waals surface area (Å²) in [5.74, 6) is -0.600. The number of thioether (sulfide) groups is 1. The summed E-state index contributed by atoms with van der Waals surface area (Å²) in [7, 11) is 0. The Balaban J connectivity index is 1.96. The molecule has 0 aromatic heterocycles. The molecule has 0 amide bonds. The normalized spacial score (nSPS) is 26.7. The Kier molecular flexibility index (Phi) is 3.57. The number of ether oxygens (including phenoxy) is 1. The molecule has 1 saturated heterocycles. The van der Waals surface area contributed by atoms with Crippen LogP contribution in [0, 0.1) is 0 Å². The largest absolute Gasteiger partial charge is 0.480 e. The summed E-state index contributed by atoms with van der Waals surface area (Å²) in [4.78, 5) is 11.3. The fraction of sp³-hybridized carbons (Fsp3) is 0.909. The maximum absolute atomic E-state index is 11.3. The van der Waals surface area contributed by atoms with Gasteiger partial charge in [-0.2, -0.15) is 0 Å². The van der Waals surface area contributed by atoms with Crippen molar-refractivity contribution in [2.75, 3.05) is 13.2 Å². The molecule has 1 saturated carbocycles. The Hall–Kier alpha value is -0.220. The number of carboxylic acid groups (broad SMARTS) is 1. The van der Waals surface area contributed by atoms with Crippen LogP contribution in [0.25, 0.3) is 0 Å². The Morgan fingerprint density at radius 3 is 2.40 bits per heavy atom. The second kappa shape index (κ2) is 4.74. The molecule has 0 aromatic carbocycles. The smallest absolute Gasteiger partial charge is 0.319 e. The first-order valence-electron chi connectivity index (χ1n) is 5.72. The minimum Gasteiger partial charge on any atom is -0.480 e. The zero-order chi connectivity index (χ0) is 10.7. The summed E-state index contributed by atoms with van der Waals surface area (Å²) in [5, 5.41) is 9.84.